The number of hydrogen-bond acceptors (Lipinski definition) is 2. The maximum Gasteiger partial charge on any atom is 0.407 e. The van der Waals surface area contributed by atoms with Crippen LogP contribution in [0.1, 0.15) is 20.8 Å². The average molecular weight is 143 g/mol. The molecule has 1 N–H and O–H groups in total. The number of carbonyl (C=O) groups excluding carboxylic acids is 1. The van der Waals surface area contributed by atoms with Gasteiger partial charge in [0, 0.05) is 0 Å². The summed E-state index contributed by atoms with van der Waals surface area (Å²) in [4.78, 5) is 10.6. The molecule has 3 heteroatoms. The van der Waals surface area contributed by atoms with E-state index in [1.54, 1.807) is 0 Å². The molecule has 1 aliphatic heterocycles. The fraction of sp³-hybridized carbons (Fsp3) is 0.857. The van der Waals surface area contributed by atoms with Gasteiger partial charge in [-0.15, -0.1) is 0 Å². The van der Waals surface area contributed by atoms with Crippen LogP contribution in [0.5, 0.6) is 0 Å². The molecule has 0 saturated carbocycles. The molecular weight excluding hydrogens is 130 g/mol. The highest BCUT2D eigenvalue weighted by Gasteiger charge is 2.32. The fourth-order valence-electron chi connectivity index (χ4n) is 1.24. The van der Waals surface area contributed by atoms with Gasteiger partial charge in [0.05, 0.1) is 6.04 Å². The first-order chi connectivity index (χ1) is 4.61. The topological polar surface area (TPSA) is 38.3 Å². The minimum atomic E-state index is -0.286. The van der Waals surface area contributed by atoms with E-state index in [0.29, 0.717) is 5.92 Å². The molecule has 10 heavy (non-hydrogen) atoms. The van der Waals surface area contributed by atoms with Gasteiger partial charge >= 0.3 is 6.09 Å². The van der Waals surface area contributed by atoms with Crippen molar-refractivity contribution >= 4 is 6.09 Å². The third kappa shape index (κ3) is 1.23. The molecule has 3 nitrogen and oxygen atoms in total. The van der Waals surface area contributed by atoms with Crippen molar-refractivity contribution < 1.29 is 9.53 Å². The standard InChI is InChI=1S/C7H13NO2/c1-4(2)6-5(3)8-7(9)10-6/h4-6H,1-3H3,(H,8,9)/t5-,6-/m1/s1. The normalized spacial score (nSPS) is 32.2. The highest BCUT2D eigenvalue weighted by Crippen LogP contribution is 2.16. The van der Waals surface area contributed by atoms with E-state index >= 15 is 0 Å². The van der Waals surface area contributed by atoms with Gasteiger partial charge in [0.2, 0.25) is 0 Å². The van der Waals surface area contributed by atoms with Crippen molar-refractivity contribution in [1.29, 1.82) is 0 Å². The van der Waals surface area contributed by atoms with Crippen LogP contribution in [0.15, 0.2) is 0 Å². The quantitative estimate of drug-likeness (QED) is 0.597. The Kier molecular flexibility index (Phi) is 1.83. The Labute approximate surface area is 60.7 Å². The minimum Gasteiger partial charge on any atom is -0.444 e. The van der Waals surface area contributed by atoms with Gasteiger partial charge in [0.25, 0.3) is 0 Å². The molecule has 1 rings (SSSR count). The molecule has 1 heterocycles. The number of rotatable bonds is 1. The molecule has 0 aromatic rings. The molecule has 58 valence electrons. The molecule has 0 radical (unpaired) electrons. The van der Waals surface area contributed by atoms with Crippen molar-refractivity contribution in [1.82, 2.24) is 5.32 Å². The Balaban J connectivity index is 2.54. The zero-order valence-corrected chi connectivity index (χ0v) is 6.55. The van der Waals surface area contributed by atoms with Crippen LogP contribution in [-0.4, -0.2) is 18.2 Å². The summed E-state index contributed by atoms with van der Waals surface area (Å²) in [6.07, 6.45) is -0.237. The number of nitrogens with one attached hydrogen (secondary N) is 1. The zero-order valence-electron chi connectivity index (χ0n) is 6.55. The van der Waals surface area contributed by atoms with Gasteiger partial charge in [-0.1, -0.05) is 13.8 Å². The fourth-order valence-corrected chi connectivity index (χ4v) is 1.24. The Morgan fingerprint density at radius 1 is 1.60 bits per heavy atom. The van der Waals surface area contributed by atoms with Crippen LogP contribution in [0.3, 0.4) is 0 Å². The van der Waals surface area contributed by atoms with E-state index in [9.17, 15) is 4.79 Å². The Bertz CT molecular complexity index is 145. The number of hydrogen-bond donors (Lipinski definition) is 1. The van der Waals surface area contributed by atoms with Gasteiger partial charge in [0.15, 0.2) is 0 Å². The maximum absolute atomic E-state index is 10.6. The molecule has 1 aliphatic rings. The summed E-state index contributed by atoms with van der Waals surface area (Å²) >= 11 is 0. The summed E-state index contributed by atoms with van der Waals surface area (Å²) in [5.74, 6) is 0.397. The van der Waals surface area contributed by atoms with Crippen LogP contribution in [-0.2, 0) is 4.74 Å². The van der Waals surface area contributed by atoms with Gasteiger partial charge < -0.3 is 10.1 Å². The second-order valence-corrected chi connectivity index (χ2v) is 3.05. The largest absolute Gasteiger partial charge is 0.444 e. The molecule has 0 unspecified atom stereocenters. The van der Waals surface area contributed by atoms with Crippen LogP contribution in [0.2, 0.25) is 0 Å². The van der Waals surface area contributed by atoms with Crippen molar-refractivity contribution in [3.8, 4) is 0 Å². The van der Waals surface area contributed by atoms with E-state index < -0.39 is 0 Å². The maximum atomic E-state index is 10.6. The molecule has 1 saturated heterocycles. The molecule has 1 amide bonds. The van der Waals surface area contributed by atoms with E-state index in [4.69, 9.17) is 4.74 Å². The summed E-state index contributed by atoms with van der Waals surface area (Å²) in [5, 5.41) is 2.69. The van der Waals surface area contributed by atoms with Crippen LogP contribution in [0.4, 0.5) is 4.79 Å². The lowest BCUT2D eigenvalue weighted by Gasteiger charge is -2.15. The number of cyclic esters (lactones) is 1. The monoisotopic (exact) mass is 143 g/mol. The van der Waals surface area contributed by atoms with Gasteiger partial charge in [-0.25, -0.2) is 4.79 Å². The number of alkyl carbamates (subject to hydrolysis) is 1. The summed E-state index contributed by atoms with van der Waals surface area (Å²) in [6.45, 7) is 6.04. The van der Waals surface area contributed by atoms with Crippen LogP contribution >= 0.6 is 0 Å². The first-order valence-electron chi connectivity index (χ1n) is 3.58. The second kappa shape index (κ2) is 2.48. The summed E-state index contributed by atoms with van der Waals surface area (Å²) in [5.41, 5.74) is 0. The predicted octanol–water partition coefficient (Wildman–Crippen LogP) is 1.14. The van der Waals surface area contributed by atoms with Crippen LogP contribution in [0.25, 0.3) is 0 Å². The van der Waals surface area contributed by atoms with Crippen molar-refractivity contribution in [3.63, 3.8) is 0 Å². The van der Waals surface area contributed by atoms with E-state index in [1.807, 2.05) is 20.8 Å². The van der Waals surface area contributed by atoms with Crippen molar-refractivity contribution in [2.75, 3.05) is 0 Å². The zero-order chi connectivity index (χ0) is 7.72. The molecule has 0 spiro atoms. The van der Waals surface area contributed by atoms with E-state index in [-0.39, 0.29) is 18.2 Å². The van der Waals surface area contributed by atoms with Crippen molar-refractivity contribution in [3.05, 3.63) is 0 Å². The SMILES string of the molecule is CC(C)[C@H]1OC(=O)N[C@@H]1C. The van der Waals surface area contributed by atoms with Crippen molar-refractivity contribution in [2.24, 2.45) is 5.92 Å². The van der Waals surface area contributed by atoms with E-state index in [2.05, 4.69) is 5.32 Å². The highest BCUT2D eigenvalue weighted by atomic mass is 16.6. The Morgan fingerprint density at radius 2 is 2.20 bits per heavy atom. The highest BCUT2D eigenvalue weighted by molar-refractivity contribution is 5.70. The van der Waals surface area contributed by atoms with E-state index in [0.717, 1.165) is 0 Å². The first kappa shape index (κ1) is 7.38. The Morgan fingerprint density at radius 3 is 2.40 bits per heavy atom. The smallest absolute Gasteiger partial charge is 0.407 e. The van der Waals surface area contributed by atoms with Gasteiger partial charge in [-0.2, -0.15) is 0 Å². The molecule has 2 atom stereocenters. The molecular formula is C7H13NO2. The summed E-state index contributed by atoms with van der Waals surface area (Å²) in [7, 11) is 0. The van der Waals surface area contributed by atoms with Crippen LogP contribution in [0, 0.1) is 5.92 Å². The Hall–Kier alpha value is -0.730. The van der Waals surface area contributed by atoms with Gasteiger partial charge in [-0.05, 0) is 12.8 Å². The number of amides is 1. The minimum absolute atomic E-state index is 0.0486. The average Bonchev–Trinajstić information content (AvgIpc) is 2.10. The third-order valence-corrected chi connectivity index (χ3v) is 1.74. The first-order valence-corrected chi connectivity index (χ1v) is 3.58. The lowest BCUT2D eigenvalue weighted by Crippen LogP contribution is -2.31. The molecule has 0 aromatic heterocycles. The van der Waals surface area contributed by atoms with Gasteiger partial charge in [-0.3, -0.25) is 0 Å². The second-order valence-electron chi connectivity index (χ2n) is 3.05. The number of carbonyl (C=O) groups is 1. The van der Waals surface area contributed by atoms with E-state index in [1.165, 1.54) is 0 Å². The summed E-state index contributed by atoms with van der Waals surface area (Å²) in [6, 6.07) is 0.160. The summed E-state index contributed by atoms with van der Waals surface area (Å²) < 4.78 is 4.98. The lowest BCUT2D eigenvalue weighted by atomic mass is 10.0. The lowest BCUT2D eigenvalue weighted by molar-refractivity contribution is 0.105. The molecule has 0 aromatic carbocycles. The predicted molar refractivity (Wildman–Crippen MR) is 37.7 cm³/mol. The third-order valence-electron chi connectivity index (χ3n) is 1.74. The van der Waals surface area contributed by atoms with Gasteiger partial charge in [0.1, 0.15) is 6.10 Å². The van der Waals surface area contributed by atoms with Crippen LogP contribution < -0.4 is 5.32 Å². The number of ether oxygens (including phenoxy) is 1. The van der Waals surface area contributed by atoms with Crippen molar-refractivity contribution in [2.45, 2.75) is 32.9 Å². The molecule has 1 fully saturated rings. The molecule has 0 bridgehead atoms. The molecule has 0 aliphatic carbocycles.